The molecule has 0 aliphatic heterocycles. The maximum Gasteiger partial charge on any atom is 0.237 e. The van der Waals surface area contributed by atoms with Crippen molar-refractivity contribution in [1.29, 1.82) is 0 Å². The SMILES string of the molecule is CCN(C(=O)[C@@]1(C)CC1(Cl)Cl)c1nc2ccccc2s1. The number of aromatic nitrogens is 1. The van der Waals surface area contributed by atoms with Gasteiger partial charge in [-0.05, 0) is 32.4 Å². The summed E-state index contributed by atoms with van der Waals surface area (Å²) in [4.78, 5) is 18.9. The van der Waals surface area contributed by atoms with Crippen molar-refractivity contribution in [2.75, 3.05) is 11.4 Å². The van der Waals surface area contributed by atoms with Gasteiger partial charge in [0.1, 0.15) is 4.33 Å². The summed E-state index contributed by atoms with van der Waals surface area (Å²) in [6, 6.07) is 7.85. The highest BCUT2D eigenvalue weighted by molar-refractivity contribution is 7.22. The van der Waals surface area contributed by atoms with Gasteiger partial charge in [0.15, 0.2) is 5.13 Å². The van der Waals surface area contributed by atoms with Gasteiger partial charge in [0.25, 0.3) is 0 Å². The van der Waals surface area contributed by atoms with Crippen LogP contribution in [0.5, 0.6) is 0 Å². The van der Waals surface area contributed by atoms with Gasteiger partial charge in [0.05, 0.1) is 15.6 Å². The van der Waals surface area contributed by atoms with Crippen LogP contribution in [0, 0.1) is 5.41 Å². The number of thiazole rings is 1. The predicted molar refractivity (Wildman–Crippen MR) is 84.8 cm³/mol. The van der Waals surface area contributed by atoms with Crippen LogP contribution in [-0.2, 0) is 4.79 Å². The molecule has 0 saturated heterocycles. The monoisotopic (exact) mass is 328 g/mol. The number of carbonyl (C=O) groups is 1. The molecule has 1 aliphatic carbocycles. The van der Waals surface area contributed by atoms with Crippen LogP contribution >= 0.6 is 34.5 Å². The average molecular weight is 329 g/mol. The summed E-state index contributed by atoms with van der Waals surface area (Å²) in [5.74, 6) is -0.0518. The first-order chi connectivity index (χ1) is 9.39. The molecule has 3 rings (SSSR count). The number of halogens is 2. The predicted octanol–water partition coefficient (Wildman–Crippen LogP) is 4.23. The maximum atomic E-state index is 12.7. The van der Waals surface area contributed by atoms with E-state index in [4.69, 9.17) is 23.2 Å². The van der Waals surface area contributed by atoms with E-state index in [2.05, 4.69) is 4.98 Å². The van der Waals surface area contributed by atoms with Gasteiger partial charge in [-0.2, -0.15) is 0 Å². The van der Waals surface area contributed by atoms with Crippen LogP contribution < -0.4 is 4.90 Å². The van der Waals surface area contributed by atoms with Crippen molar-refractivity contribution < 1.29 is 4.79 Å². The molecule has 0 unspecified atom stereocenters. The fourth-order valence-corrected chi connectivity index (χ4v) is 3.99. The Morgan fingerprint density at radius 2 is 2.10 bits per heavy atom. The summed E-state index contributed by atoms with van der Waals surface area (Å²) in [5, 5.41) is 0.705. The number of benzene rings is 1. The van der Waals surface area contributed by atoms with Crippen molar-refractivity contribution in [3.8, 4) is 0 Å². The summed E-state index contributed by atoms with van der Waals surface area (Å²) >= 11 is 13.7. The van der Waals surface area contributed by atoms with Crippen LogP contribution in [-0.4, -0.2) is 21.8 Å². The molecule has 1 aliphatic rings. The van der Waals surface area contributed by atoms with Crippen molar-refractivity contribution in [1.82, 2.24) is 4.98 Å². The molecule has 0 bridgehead atoms. The summed E-state index contributed by atoms with van der Waals surface area (Å²) in [6.07, 6.45) is 0.489. The Kier molecular flexibility index (Phi) is 3.23. The molecule has 1 fully saturated rings. The lowest BCUT2D eigenvalue weighted by Gasteiger charge is -2.22. The standard InChI is InChI=1S/C14H14Cl2N2OS/c1-3-18(11(19)13(2)8-14(13,15)16)12-17-9-6-4-5-7-10(9)20-12/h4-7H,3,8H2,1-2H3/t13-/m1/s1. The molecule has 1 amide bonds. The Morgan fingerprint density at radius 1 is 1.45 bits per heavy atom. The van der Waals surface area contributed by atoms with E-state index in [1.165, 1.54) is 11.3 Å². The fraction of sp³-hybridized carbons (Fsp3) is 0.429. The Labute approximate surface area is 131 Å². The molecule has 1 atom stereocenters. The molecule has 1 aromatic carbocycles. The minimum atomic E-state index is -0.950. The topological polar surface area (TPSA) is 33.2 Å². The van der Waals surface area contributed by atoms with Crippen LogP contribution in [0.2, 0.25) is 0 Å². The summed E-state index contributed by atoms with van der Waals surface area (Å²) in [6.45, 7) is 4.29. The van der Waals surface area contributed by atoms with Gasteiger partial charge in [-0.1, -0.05) is 23.5 Å². The quantitative estimate of drug-likeness (QED) is 0.790. The number of para-hydroxylation sites is 1. The number of alkyl halides is 2. The third-order valence-electron chi connectivity index (χ3n) is 3.80. The Bertz CT molecular complexity index is 652. The molecule has 0 N–H and O–H groups in total. The normalized spacial score (nSPS) is 23.8. The van der Waals surface area contributed by atoms with E-state index < -0.39 is 9.75 Å². The molecule has 106 valence electrons. The third kappa shape index (κ3) is 2.01. The second-order valence-corrected chi connectivity index (χ2v) is 7.72. The van der Waals surface area contributed by atoms with E-state index in [1.54, 1.807) is 4.90 Å². The Morgan fingerprint density at radius 3 is 2.65 bits per heavy atom. The molecule has 20 heavy (non-hydrogen) atoms. The average Bonchev–Trinajstić information content (AvgIpc) is 2.75. The molecule has 0 radical (unpaired) electrons. The highest BCUT2D eigenvalue weighted by Crippen LogP contribution is 2.64. The second kappa shape index (κ2) is 4.58. The third-order valence-corrected chi connectivity index (χ3v) is 5.97. The minimum absolute atomic E-state index is 0.0518. The smallest absolute Gasteiger partial charge is 0.237 e. The molecule has 2 aromatic rings. The lowest BCUT2D eigenvalue weighted by atomic mass is 10.1. The minimum Gasteiger partial charge on any atom is -0.288 e. The van der Waals surface area contributed by atoms with Crippen LogP contribution in [0.15, 0.2) is 24.3 Å². The lowest BCUT2D eigenvalue weighted by Crippen LogP contribution is -2.38. The van der Waals surface area contributed by atoms with Crippen LogP contribution in [0.4, 0.5) is 5.13 Å². The number of rotatable bonds is 3. The second-order valence-electron chi connectivity index (χ2n) is 5.23. The van der Waals surface area contributed by atoms with Crippen molar-refractivity contribution in [3.63, 3.8) is 0 Å². The number of hydrogen-bond donors (Lipinski definition) is 0. The van der Waals surface area contributed by atoms with Crippen LogP contribution in [0.3, 0.4) is 0 Å². The number of anilines is 1. The molecule has 1 heterocycles. The largest absolute Gasteiger partial charge is 0.288 e. The van der Waals surface area contributed by atoms with E-state index in [0.717, 1.165) is 10.2 Å². The van der Waals surface area contributed by atoms with Gasteiger partial charge in [-0.15, -0.1) is 23.2 Å². The Hall–Kier alpha value is -0.840. The number of hydrogen-bond acceptors (Lipinski definition) is 3. The number of amides is 1. The molecule has 3 nitrogen and oxygen atoms in total. The molecule has 1 aromatic heterocycles. The highest BCUT2D eigenvalue weighted by Gasteiger charge is 2.69. The first-order valence-corrected chi connectivity index (χ1v) is 8.01. The number of carbonyl (C=O) groups excluding carboxylic acids is 1. The van der Waals surface area contributed by atoms with Gasteiger partial charge >= 0.3 is 0 Å². The summed E-state index contributed by atoms with van der Waals surface area (Å²) < 4.78 is 0.117. The highest BCUT2D eigenvalue weighted by atomic mass is 35.5. The zero-order valence-electron chi connectivity index (χ0n) is 11.2. The van der Waals surface area contributed by atoms with Crippen LogP contribution in [0.25, 0.3) is 10.2 Å². The molecular formula is C14H14Cl2N2OS. The van der Waals surface area contributed by atoms with E-state index in [1.807, 2.05) is 38.1 Å². The first kappa shape index (κ1) is 14.1. The van der Waals surface area contributed by atoms with E-state index >= 15 is 0 Å². The van der Waals surface area contributed by atoms with E-state index in [-0.39, 0.29) is 5.91 Å². The molecule has 6 heteroatoms. The summed E-state index contributed by atoms with van der Waals surface area (Å²) in [7, 11) is 0. The molecular weight excluding hydrogens is 315 g/mol. The van der Waals surface area contributed by atoms with E-state index in [9.17, 15) is 4.79 Å². The number of nitrogens with zero attached hydrogens (tertiary/aromatic N) is 2. The van der Waals surface area contributed by atoms with Gasteiger partial charge in [-0.25, -0.2) is 4.98 Å². The molecule has 0 spiro atoms. The van der Waals surface area contributed by atoms with Gasteiger partial charge in [-0.3, -0.25) is 9.69 Å². The number of fused-ring (bicyclic) bond motifs is 1. The summed E-state index contributed by atoms with van der Waals surface area (Å²) in [5.41, 5.74) is 0.201. The lowest BCUT2D eigenvalue weighted by molar-refractivity contribution is -0.123. The van der Waals surface area contributed by atoms with Gasteiger partial charge in [0.2, 0.25) is 5.91 Å². The van der Waals surface area contributed by atoms with E-state index in [0.29, 0.717) is 18.1 Å². The van der Waals surface area contributed by atoms with Crippen molar-refractivity contribution in [2.45, 2.75) is 24.6 Å². The van der Waals surface area contributed by atoms with Crippen LogP contribution in [0.1, 0.15) is 20.3 Å². The zero-order valence-corrected chi connectivity index (χ0v) is 13.5. The molecule has 1 saturated carbocycles. The first-order valence-electron chi connectivity index (χ1n) is 6.44. The fourth-order valence-electron chi connectivity index (χ4n) is 2.27. The van der Waals surface area contributed by atoms with Gasteiger partial charge < -0.3 is 0 Å². The zero-order chi connectivity index (χ0) is 14.5. The Balaban J connectivity index is 1.96. The maximum absolute atomic E-state index is 12.7. The van der Waals surface area contributed by atoms with Crippen molar-refractivity contribution >= 4 is 55.8 Å². The van der Waals surface area contributed by atoms with Crippen molar-refractivity contribution in [2.24, 2.45) is 5.41 Å². The van der Waals surface area contributed by atoms with Gasteiger partial charge in [0, 0.05) is 6.54 Å². The van der Waals surface area contributed by atoms with Crippen molar-refractivity contribution in [3.05, 3.63) is 24.3 Å².